The van der Waals surface area contributed by atoms with Crippen LogP contribution in [-0.2, 0) is 0 Å². The molecule has 0 bridgehead atoms. The molecule has 7 heteroatoms. The summed E-state index contributed by atoms with van der Waals surface area (Å²) in [6.45, 7) is 0. The molecule has 0 saturated heterocycles. The topological polar surface area (TPSA) is 77.3 Å². The first-order valence-corrected chi connectivity index (χ1v) is 27.5. The molecular formula is C70H42N6Se. The number of benzene rings is 12. The van der Waals surface area contributed by atoms with Crippen LogP contribution in [0.4, 0.5) is 0 Å². The zero-order chi connectivity index (χ0) is 50.8. The van der Waals surface area contributed by atoms with Crippen LogP contribution in [0.2, 0.25) is 0 Å². The van der Waals surface area contributed by atoms with Gasteiger partial charge in [0.15, 0.2) is 0 Å². The Balaban J connectivity index is 0.887. The third kappa shape index (κ3) is 7.71. The van der Waals surface area contributed by atoms with Crippen LogP contribution in [0.1, 0.15) is 0 Å². The molecule has 6 nitrogen and oxygen atoms in total. The van der Waals surface area contributed by atoms with Crippen molar-refractivity contribution in [2.75, 3.05) is 0 Å². The van der Waals surface area contributed by atoms with Crippen molar-refractivity contribution in [2.45, 2.75) is 0 Å². The average Bonchev–Trinajstić information content (AvgIpc) is 3.92. The standard InChI is InChI=1S/C70H42N6Se/c1-5-21-43(22-6-1)65-71-66(44-23-7-2-8-24-44)74-69(73-65)63-54-33-17-13-29-50(54)61(51-30-14-18-34-55(51)63)47-38-40-59-58(41-47)49-39-37-48(42-60(49)77-59)62-52-31-15-19-35-56(52)64(57-36-20-16-32-53(57)62)70-75-67(45-25-9-3-10-26-45)72-68(76-70)46-27-11-4-12-28-46/h1-42H. The molecule has 0 radical (unpaired) electrons. The van der Waals surface area contributed by atoms with Crippen molar-refractivity contribution in [1.82, 2.24) is 29.9 Å². The van der Waals surface area contributed by atoms with Crippen LogP contribution in [-0.4, -0.2) is 44.4 Å². The van der Waals surface area contributed by atoms with Crippen molar-refractivity contribution >= 4 is 76.9 Å². The molecule has 0 spiro atoms. The first-order chi connectivity index (χ1) is 38.2. The minimum Gasteiger partial charge on any atom is -0.0615 e. The predicted octanol–water partition coefficient (Wildman–Crippen LogP) is 17.4. The van der Waals surface area contributed by atoms with Crippen LogP contribution in [0.15, 0.2) is 255 Å². The number of fused-ring (bicyclic) bond motifs is 7. The van der Waals surface area contributed by atoms with Gasteiger partial charge in [0, 0.05) is 0 Å². The van der Waals surface area contributed by atoms with Crippen molar-refractivity contribution in [3.05, 3.63) is 255 Å². The molecule has 0 aliphatic carbocycles. The molecule has 77 heavy (non-hydrogen) atoms. The minimum absolute atomic E-state index is 0.0942. The Morgan fingerprint density at radius 3 is 0.818 bits per heavy atom. The Kier molecular flexibility index (Phi) is 10.8. The van der Waals surface area contributed by atoms with Gasteiger partial charge in [-0.3, -0.25) is 0 Å². The van der Waals surface area contributed by atoms with E-state index >= 15 is 0 Å². The van der Waals surface area contributed by atoms with Crippen molar-refractivity contribution < 1.29 is 0 Å². The summed E-state index contributed by atoms with van der Waals surface area (Å²) < 4.78 is 2.76. The number of hydrogen-bond acceptors (Lipinski definition) is 6. The van der Waals surface area contributed by atoms with E-state index in [1.54, 1.807) is 0 Å². The number of hydrogen-bond donors (Lipinski definition) is 0. The first kappa shape index (κ1) is 44.7. The molecule has 0 unspecified atom stereocenters. The van der Waals surface area contributed by atoms with Gasteiger partial charge in [-0.25, -0.2) is 0 Å². The molecule has 0 saturated carbocycles. The minimum atomic E-state index is 0.0942. The summed E-state index contributed by atoms with van der Waals surface area (Å²) in [5.41, 5.74) is 10.5. The van der Waals surface area contributed by atoms with E-state index in [1.165, 1.54) is 41.5 Å². The predicted molar refractivity (Wildman–Crippen MR) is 319 cm³/mol. The van der Waals surface area contributed by atoms with Gasteiger partial charge in [-0.15, -0.1) is 0 Å². The van der Waals surface area contributed by atoms with E-state index < -0.39 is 0 Å². The third-order valence-electron chi connectivity index (χ3n) is 14.8. The fourth-order valence-electron chi connectivity index (χ4n) is 11.3. The normalized spacial score (nSPS) is 11.6. The molecule has 0 atom stereocenters. The van der Waals surface area contributed by atoms with Gasteiger partial charge in [-0.05, 0) is 0 Å². The van der Waals surface area contributed by atoms with Crippen LogP contribution in [0.5, 0.6) is 0 Å². The zero-order valence-electron chi connectivity index (χ0n) is 41.3. The summed E-state index contributed by atoms with van der Waals surface area (Å²) in [6, 6.07) is 90.0. The summed E-state index contributed by atoms with van der Waals surface area (Å²) in [7, 11) is 0. The van der Waals surface area contributed by atoms with Crippen molar-refractivity contribution in [1.29, 1.82) is 0 Å². The Labute approximate surface area is 449 Å². The van der Waals surface area contributed by atoms with E-state index in [0.29, 0.717) is 34.9 Å². The molecule has 358 valence electrons. The van der Waals surface area contributed by atoms with E-state index in [1.807, 2.05) is 72.8 Å². The fourth-order valence-corrected chi connectivity index (χ4v) is 13.7. The molecule has 0 amide bonds. The zero-order valence-corrected chi connectivity index (χ0v) is 43.1. The van der Waals surface area contributed by atoms with E-state index in [-0.39, 0.29) is 14.5 Å². The quantitative estimate of drug-likeness (QED) is 0.111. The third-order valence-corrected chi connectivity index (χ3v) is 17.1. The molecule has 15 rings (SSSR count). The van der Waals surface area contributed by atoms with Gasteiger partial charge >= 0.3 is 355 Å². The Bertz CT molecular complexity index is 4560. The fraction of sp³-hybridized carbons (Fsp3) is 0. The Morgan fingerprint density at radius 1 is 0.182 bits per heavy atom. The molecule has 3 aromatic heterocycles. The van der Waals surface area contributed by atoms with Crippen LogP contribution in [0.25, 0.3) is 153 Å². The summed E-state index contributed by atoms with van der Waals surface area (Å²) in [5.74, 6) is 3.86. The van der Waals surface area contributed by atoms with Gasteiger partial charge in [-0.2, -0.15) is 0 Å². The summed E-state index contributed by atoms with van der Waals surface area (Å²) in [5, 5.41) is 11.6. The average molecular weight is 1050 g/mol. The second-order valence-electron chi connectivity index (χ2n) is 19.3. The van der Waals surface area contributed by atoms with E-state index in [2.05, 4.69) is 182 Å². The Morgan fingerprint density at radius 2 is 0.468 bits per heavy atom. The van der Waals surface area contributed by atoms with E-state index in [4.69, 9.17) is 29.9 Å². The van der Waals surface area contributed by atoms with Gasteiger partial charge in [0.2, 0.25) is 0 Å². The second-order valence-corrected chi connectivity index (χ2v) is 21.6. The van der Waals surface area contributed by atoms with Crippen molar-refractivity contribution in [3.63, 3.8) is 0 Å². The van der Waals surface area contributed by atoms with Crippen LogP contribution >= 0.6 is 0 Å². The maximum atomic E-state index is 5.25. The van der Waals surface area contributed by atoms with Crippen molar-refractivity contribution in [3.8, 4) is 90.6 Å². The summed E-state index contributed by atoms with van der Waals surface area (Å²) in [6.07, 6.45) is 0. The molecule has 12 aromatic carbocycles. The SMILES string of the molecule is c1ccc(-c2nc(-c3ccccc3)nc(-c3c4ccccc4c(-c4ccc5c(c4)[se]c4ccc(-c6c7ccccc7c(-c7nc(-c8ccccc8)nc(-c8ccccc8)n7)c7ccccc67)cc45)c4ccccc34)n2)cc1. The van der Waals surface area contributed by atoms with Gasteiger partial charge in [-0.1, -0.05) is 97.1 Å². The summed E-state index contributed by atoms with van der Waals surface area (Å²) >= 11 is 0.0942. The summed E-state index contributed by atoms with van der Waals surface area (Å²) in [4.78, 5) is 31.1. The van der Waals surface area contributed by atoms with Gasteiger partial charge in [0.25, 0.3) is 0 Å². The van der Waals surface area contributed by atoms with Gasteiger partial charge < -0.3 is 0 Å². The van der Waals surface area contributed by atoms with Crippen LogP contribution < -0.4 is 0 Å². The first-order valence-electron chi connectivity index (χ1n) is 25.8. The molecule has 0 N–H and O–H groups in total. The van der Waals surface area contributed by atoms with Gasteiger partial charge in [0.05, 0.1) is 0 Å². The Hall–Kier alpha value is -9.78. The van der Waals surface area contributed by atoms with Crippen molar-refractivity contribution in [2.24, 2.45) is 0 Å². The van der Waals surface area contributed by atoms with E-state index in [0.717, 1.165) is 76.5 Å². The maximum absolute atomic E-state index is 5.25. The molecule has 0 aliphatic heterocycles. The van der Waals surface area contributed by atoms with E-state index in [9.17, 15) is 0 Å². The van der Waals surface area contributed by atoms with Gasteiger partial charge in [0.1, 0.15) is 0 Å². The van der Waals surface area contributed by atoms with Crippen LogP contribution in [0, 0.1) is 0 Å². The monoisotopic (exact) mass is 1050 g/mol. The smallest absolute Gasteiger partial charge is 0.0615 e. The van der Waals surface area contributed by atoms with Crippen LogP contribution in [0.3, 0.4) is 0 Å². The number of aromatic nitrogens is 6. The molecule has 0 fully saturated rings. The molecule has 15 aromatic rings. The molecule has 0 aliphatic rings. The molecular weight excluding hydrogens is 1000 g/mol. The number of rotatable bonds is 8. The second kappa shape index (κ2) is 18.6. The number of nitrogens with zero attached hydrogens (tertiary/aromatic N) is 6. The molecule has 3 heterocycles.